The first kappa shape index (κ1) is 16.1. The molecule has 0 radical (unpaired) electrons. The van der Waals surface area contributed by atoms with E-state index in [1.54, 1.807) is 12.7 Å². The van der Waals surface area contributed by atoms with Crippen molar-refractivity contribution in [2.45, 2.75) is 19.1 Å². The van der Waals surface area contributed by atoms with Gasteiger partial charge in [0.2, 0.25) is 0 Å². The van der Waals surface area contributed by atoms with Gasteiger partial charge < -0.3 is 10.2 Å². The zero-order valence-corrected chi connectivity index (χ0v) is 13.1. The smallest absolute Gasteiger partial charge is 0.156 e. The Kier molecular flexibility index (Phi) is 6.30. The second-order valence-corrected chi connectivity index (χ2v) is 9.14. The first-order chi connectivity index (χ1) is 10.3. The Hall–Kier alpha value is -1.29. The maximum Gasteiger partial charge on any atom is 0.156 e. The quantitative estimate of drug-likeness (QED) is 0.686. The lowest BCUT2D eigenvalue weighted by molar-refractivity contribution is 0.294. The van der Waals surface area contributed by atoms with E-state index in [2.05, 4.69) is 34.3 Å². The summed E-state index contributed by atoms with van der Waals surface area (Å²) in [7, 11) is -1.53. The summed E-state index contributed by atoms with van der Waals surface area (Å²) >= 11 is 0. The number of aliphatic hydroxyl groups excluding tert-OH is 2. The van der Waals surface area contributed by atoms with Crippen molar-refractivity contribution in [3.05, 3.63) is 43.0 Å². The zero-order chi connectivity index (χ0) is 15.0. The fourth-order valence-corrected chi connectivity index (χ4v) is 6.85. The molecule has 0 aliphatic carbocycles. The summed E-state index contributed by atoms with van der Waals surface area (Å²) in [5.74, 6) is 0. The molecule has 0 amide bonds. The lowest BCUT2D eigenvalue weighted by Gasteiger charge is -2.27. The van der Waals surface area contributed by atoms with Gasteiger partial charge in [-0.2, -0.15) is 5.10 Å². The van der Waals surface area contributed by atoms with E-state index in [9.17, 15) is 10.2 Å². The van der Waals surface area contributed by atoms with Gasteiger partial charge in [0.05, 0.1) is 24.9 Å². The van der Waals surface area contributed by atoms with Crippen molar-refractivity contribution < 1.29 is 10.2 Å². The van der Waals surface area contributed by atoms with Gasteiger partial charge in [-0.1, -0.05) is 18.2 Å². The Labute approximate surface area is 126 Å². The van der Waals surface area contributed by atoms with E-state index < -0.39 is 7.26 Å². The number of aliphatic hydroxyl groups is 2. The van der Waals surface area contributed by atoms with Gasteiger partial charge in [-0.05, 0) is 12.1 Å². The summed E-state index contributed by atoms with van der Waals surface area (Å²) in [6.07, 6.45) is 7.61. The van der Waals surface area contributed by atoms with Crippen LogP contribution in [0.15, 0.2) is 43.0 Å². The van der Waals surface area contributed by atoms with Crippen molar-refractivity contribution in [1.29, 1.82) is 0 Å². The van der Waals surface area contributed by atoms with Gasteiger partial charge in [0, 0.05) is 26.1 Å². The minimum absolute atomic E-state index is 0.199. The summed E-state index contributed by atoms with van der Waals surface area (Å²) in [6, 6.07) is 10.5. The van der Waals surface area contributed by atoms with E-state index in [1.165, 1.54) is 5.30 Å². The minimum atomic E-state index is -1.53. The van der Waals surface area contributed by atoms with Crippen LogP contribution in [-0.4, -0.2) is 50.5 Å². The SMILES string of the molecule is OCCC[P+](CCCO)(Cn1cncn1)c1ccccc1. The molecule has 0 saturated heterocycles. The van der Waals surface area contributed by atoms with E-state index >= 15 is 0 Å². The van der Waals surface area contributed by atoms with Gasteiger partial charge in [0.25, 0.3) is 0 Å². The van der Waals surface area contributed by atoms with E-state index in [-0.39, 0.29) is 13.2 Å². The Morgan fingerprint density at radius 3 is 2.19 bits per heavy atom. The molecule has 1 heterocycles. The van der Waals surface area contributed by atoms with Gasteiger partial charge >= 0.3 is 0 Å². The second kappa shape index (κ2) is 8.23. The molecule has 0 atom stereocenters. The molecule has 0 fully saturated rings. The molecule has 114 valence electrons. The van der Waals surface area contributed by atoms with Gasteiger partial charge in [0.15, 0.2) is 6.29 Å². The molecule has 2 rings (SSSR count). The highest BCUT2D eigenvalue weighted by Gasteiger charge is 2.39. The van der Waals surface area contributed by atoms with Crippen LogP contribution in [-0.2, 0) is 6.29 Å². The molecular formula is C15H23N3O2P+. The van der Waals surface area contributed by atoms with E-state index in [1.807, 2.05) is 10.7 Å². The van der Waals surface area contributed by atoms with Crippen LogP contribution in [0.4, 0.5) is 0 Å². The summed E-state index contributed by atoms with van der Waals surface area (Å²) in [5.41, 5.74) is 0. The predicted octanol–water partition coefficient (Wildman–Crippen LogP) is 1.34. The summed E-state index contributed by atoms with van der Waals surface area (Å²) in [6.45, 7) is 0.399. The number of rotatable bonds is 9. The van der Waals surface area contributed by atoms with Crippen molar-refractivity contribution in [2.75, 3.05) is 25.5 Å². The Morgan fingerprint density at radius 1 is 1.00 bits per heavy atom. The van der Waals surface area contributed by atoms with E-state index in [4.69, 9.17) is 0 Å². The van der Waals surface area contributed by atoms with Crippen LogP contribution in [0.2, 0.25) is 0 Å². The number of benzene rings is 1. The molecule has 2 aromatic rings. The van der Waals surface area contributed by atoms with Crippen LogP contribution in [0.1, 0.15) is 12.8 Å². The Balaban J connectivity index is 2.32. The van der Waals surface area contributed by atoms with Crippen LogP contribution >= 0.6 is 7.26 Å². The highest BCUT2D eigenvalue weighted by molar-refractivity contribution is 7.82. The van der Waals surface area contributed by atoms with Gasteiger partial charge in [0.1, 0.15) is 12.7 Å². The third kappa shape index (κ3) is 4.34. The summed E-state index contributed by atoms with van der Waals surface area (Å²) in [5, 5.41) is 24.1. The molecule has 0 unspecified atom stereocenters. The largest absolute Gasteiger partial charge is 0.396 e. The maximum absolute atomic E-state index is 9.26. The zero-order valence-electron chi connectivity index (χ0n) is 12.2. The molecule has 0 aliphatic heterocycles. The molecule has 6 heteroatoms. The first-order valence-corrected chi connectivity index (χ1v) is 9.61. The van der Waals surface area contributed by atoms with Crippen molar-refractivity contribution in [1.82, 2.24) is 14.8 Å². The van der Waals surface area contributed by atoms with Crippen molar-refractivity contribution in [3.63, 3.8) is 0 Å². The van der Waals surface area contributed by atoms with Crippen LogP contribution in [0.25, 0.3) is 0 Å². The lowest BCUT2D eigenvalue weighted by Crippen LogP contribution is -2.23. The van der Waals surface area contributed by atoms with Crippen LogP contribution in [0.3, 0.4) is 0 Å². The Bertz CT molecular complexity index is 497. The molecule has 1 aromatic carbocycles. The number of hydrogen-bond donors (Lipinski definition) is 2. The maximum atomic E-state index is 9.26. The number of nitrogens with zero attached hydrogens (tertiary/aromatic N) is 3. The monoisotopic (exact) mass is 308 g/mol. The minimum Gasteiger partial charge on any atom is -0.396 e. The summed E-state index contributed by atoms with van der Waals surface area (Å²) in [4.78, 5) is 4.03. The second-order valence-electron chi connectivity index (χ2n) is 5.16. The standard InChI is InChI=1S/C15H23N3O2P/c19-8-4-10-21(11-5-9-20,14-18-13-16-12-17-18)15-6-2-1-3-7-15/h1-3,6-7,12-13,19-20H,4-5,8-11,14H2/q+1. The molecule has 0 spiro atoms. The Morgan fingerprint density at radius 2 is 1.67 bits per heavy atom. The molecule has 5 nitrogen and oxygen atoms in total. The average Bonchev–Trinajstić information content (AvgIpc) is 3.04. The molecular weight excluding hydrogens is 285 g/mol. The number of aromatic nitrogens is 3. The molecule has 0 saturated carbocycles. The van der Waals surface area contributed by atoms with Crippen LogP contribution < -0.4 is 5.30 Å². The molecule has 0 aliphatic rings. The fraction of sp³-hybridized carbons (Fsp3) is 0.467. The lowest BCUT2D eigenvalue weighted by atomic mass is 10.4. The van der Waals surface area contributed by atoms with E-state index in [0.29, 0.717) is 0 Å². The van der Waals surface area contributed by atoms with Gasteiger partial charge in [-0.25, -0.2) is 9.67 Å². The van der Waals surface area contributed by atoms with Crippen molar-refractivity contribution in [2.24, 2.45) is 0 Å². The van der Waals surface area contributed by atoms with Crippen molar-refractivity contribution in [3.8, 4) is 0 Å². The predicted molar refractivity (Wildman–Crippen MR) is 86.2 cm³/mol. The highest BCUT2D eigenvalue weighted by atomic mass is 31.2. The molecule has 1 aromatic heterocycles. The molecule has 21 heavy (non-hydrogen) atoms. The van der Waals surface area contributed by atoms with Gasteiger partial charge in [-0.15, -0.1) is 0 Å². The summed E-state index contributed by atoms with van der Waals surface area (Å²) < 4.78 is 1.88. The fourth-order valence-electron chi connectivity index (χ4n) is 2.67. The third-order valence-corrected chi connectivity index (χ3v) is 8.24. The average molecular weight is 308 g/mol. The van der Waals surface area contributed by atoms with E-state index in [0.717, 1.165) is 31.5 Å². The molecule has 2 N–H and O–H groups in total. The topological polar surface area (TPSA) is 71.2 Å². The normalized spacial score (nSPS) is 11.7. The van der Waals surface area contributed by atoms with Crippen LogP contribution in [0.5, 0.6) is 0 Å². The first-order valence-electron chi connectivity index (χ1n) is 7.26. The van der Waals surface area contributed by atoms with Gasteiger partial charge in [-0.3, -0.25) is 0 Å². The van der Waals surface area contributed by atoms with Crippen LogP contribution in [0, 0.1) is 0 Å². The highest BCUT2D eigenvalue weighted by Crippen LogP contribution is 2.59. The molecule has 0 bridgehead atoms. The van der Waals surface area contributed by atoms with Crippen molar-refractivity contribution >= 4 is 12.6 Å². The number of hydrogen-bond acceptors (Lipinski definition) is 4. The third-order valence-electron chi connectivity index (χ3n) is 3.67.